The average molecular weight is 220 g/mol. The average Bonchev–Trinajstić information content (AvgIpc) is 2.60. The Morgan fingerprint density at radius 3 is 2.75 bits per heavy atom. The lowest BCUT2D eigenvalue weighted by Gasteiger charge is -2.30. The molecule has 16 heavy (non-hydrogen) atoms. The first-order valence-electron chi connectivity index (χ1n) is 5.34. The summed E-state index contributed by atoms with van der Waals surface area (Å²) in [5.41, 5.74) is 6.40. The minimum atomic E-state index is -0.382. The maximum absolute atomic E-state index is 11.6. The van der Waals surface area contributed by atoms with Gasteiger partial charge in [0.15, 0.2) is 0 Å². The van der Waals surface area contributed by atoms with Crippen molar-refractivity contribution in [2.24, 2.45) is 5.73 Å². The molecule has 1 aliphatic heterocycles. The maximum atomic E-state index is 11.6. The Hall–Kier alpha value is -1.55. The van der Waals surface area contributed by atoms with E-state index in [4.69, 9.17) is 10.5 Å². The third kappa shape index (κ3) is 1.88. The second-order valence-electron chi connectivity index (χ2n) is 4.33. The van der Waals surface area contributed by atoms with E-state index in [0.29, 0.717) is 19.7 Å². The van der Waals surface area contributed by atoms with Gasteiger partial charge in [0.05, 0.1) is 5.54 Å². The highest BCUT2D eigenvalue weighted by atomic mass is 16.6. The largest absolute Gasteiger partial charge is 0.447 e. The summed E-state index contributed by atoms with van der Waals surface area (Å²) >= 11 is 0. The van der Waals surface area contributed by atoms with Crippen LogP contribution in [-0.2, 0) is 11.3 Å². The fraction of sp³-hybridized carbons (Fsp3) is 0.417. The van der Waals surface area contributed by atoms with Gasteiger partial charge in [-0.2, -0.15) is 0 Å². The van der Waals surface area contributed by atoms with Crippen molar-refractivity contribution < 1.29 is 9.53 Å². The first-order chi connectivity index (χ1) is 7.65. The number of benzene rings is 1. The van der Waals surface area contributed by atoms with Crippen molar-refractivity contribution in [1.82, 2.24) is 4.90 Å². The summed E-state index contributed by atoms with van der Waals surface area (Å²) in [7, 11) is 0. The molecule has 0 spiro atoms. The summed E-state index contributed by atoms with van der Waals surface area (Å²) in [6.07, 6.45) is -0.281. The van der Waals surface area contributed by atoms with Crippen LogP contribution in [0.1, 0.15) is 12.5 Å². The van der Waals surface area contributed by atoms with Crippen LogP contribution in [0.15, 0.2) is 30.3 Å². The van der Waals surface area contributed by atoms with Crippen molar-refractivity contribution in [3.63, 3.8) is 0 Å². The Labute approximate surface area is 95.0 Å². The molecule has 1 aliphatic rings. The topological polar surface area (TPSA) is 55.6 Å². The van der Waals surface area contributed by atoms with Crippen LogP contribution >= 0.6 is 0 Å². The molecule has 0 radical (unpaired) electrons. The van der Waals surface area contributed by atoms with Crippen LogP contribution in [0.25, 0.3) is 0 Å². The van der Waals surface area contributed by atoms with Gasteiger partial charge in [-0.15, -0.1) is 0 Å². The van der Waals surface area contributed by atoms with Crippen molar-refractivity contribution in [3.8, 4) is 0 Å². The fourth-order valence-corrected chi connectivity index (χ4v) is 1.78. The molecule has 4 heteroatoms. The summed E-state index contributed by atoms with van der Waals surface area (Å²) in [6, 6.07) is 9.84. The maximum Gasteiger partial charge on any atom is 0.410 e. The van der Waals surface area contributed by atoms with Gasteiger partial charge in [0, 0.05) is 13.1 Å². The van der Waals surface area contributed by atoms with Gasteiger partial charge in [0.25, 0.3) is 0 Å². The Kier molecular flexibility index (Phi) is 2.83. The predicted molar refractivity (Wildman–Crippen MR) is 60.8 cm³/mol. The van der Waals surface area contributed by atoms with E-state index in [2.05, 4.69) is 0 Å². The summed E-state index contributed by atoms with van der Waals surface area (Å²) < 4.78 is 5.05. The van der Waals surface area contributed by atoms with Crippen LogP contribution < -0.4 is 5.73 Å². The molecule has 1 aromatic carbocycles. The molecule has 0 aromatic heterocycles. The van der Waals surface area contributed by atoms with Crippen LogP contribution in [0.5, 0.6) is 0 Å². The third-order valence-electron chi connectivity index (χ3n) is 3.00. The van der Waals surface area contributed by atoms with E-state index in [0.717, 1.165) is 5.56 Å². The van der Waals surface area contributed by atoms with E-state index >= 15 is 0 Å². The van der Waals surface area contributed by atoms with Crippen molar-refractivity contribution in [3.05, 3.63) is 35.9 Å². The number of carbonyl (C=O) groups excluding carboxylic acids is 1. The molecular formula is C12H16N2O2. The van der Waals surface area contributed by atoms with E-state index in [1.165, 1.54) is 0 Å². The molecule has 1 saturated heterocycles. The predicted octanol–water partition coefficient (Wildman–Crippen LogP) is 1.36. The number of carbonyl (C=O) groups is 1. The number of hydrogen-bond acceptors (Lipinski definition) is 3. The number of amides is 1. The van der Waals surface area contributed by atoms with Crippen LogP contribution in [0.4, 0.5) is 4.79 Å². The molecule has 1 fully saturated rings. The zero-order valence-corrected chi connectivity index (χ0v) is 9.35. The Balaban J connectivity index is 2.17. The standard InChI is InChI=1S/C12H16N2O2/c1-12(8-13)9-16-11(15)14(12)7-10-5-3-2-4-6-10/h2-6H,7-9,13H2,1H3. The molecule has 0 saturated carbocycles. The fourth-order valence-electron chi connectivity index (χ4n) is 1.78. The second-order valence-corrected chi connectivity index (χ2v) is 4.33. The van der Waals surface area contributed by atoms with Gasteiger partial charge < -0.3 is 10.5 Å². The lowest BCUT2D eigenvalue weighted by atomic mass is 10.0. The van der Waals surface area contributed by atoms with Crippen LogP contribution in [0, 0.1) is 0 Å². The van der Waals surface area contributed by atoms with Crippen LogP contribution in [-0.4, -0.2) is 29.7 Å². The number of nitrogens with zero attached hydrogens (tertiary/aromatic N) is 1. The normalized spacial score (nSPS) is 24.6. The summed E-state index contributed by atoms with van der Waals surface area (Å²) in [4.78, 5) is 13.3. The molecule has 2 N–H and O–H groups in total. The lowest BCUT2D eigenvalue weighted by Crippen LogP contribution is -2.49. The van der Waals surface area contributed by atoms with Crippen molar-refractivity contribution in [2.45, 2.75) is 19.0 Å². The highest BCUT2D eigenvalue weighted by Gasteiger charge is 2.42. The third-order valence-corrected chi connectivity index (χ3v) is 3.00. The van der Waals surface area contributed by atoms with Crippen molar-refractivity contribution in [1.29, 1.82) is 0 Å². The summed E-state index contributed by atoms with van der Waals surface area (Å²) in [6.45, 7) is 3.27. The van der Waals surface area contributed by atoms with Crippen molar-refractivity contribution in [2.75, 3.05) is 13.2 Å². The molecule has 1 amide bonds. The van der Waals surface area contributed by atoms with Gasteiger partial charge in [-0.25, -0.2) is 4.79 Å². The minimum Gasteiger partial charge on any atom is -0.447 e. The highest BCUT2D eigenvalue weighted by Crippen LogP contribution is 2.25. The molecular weight excluding hydrogens is 204 g/mol. The molecule has 1 heterocycles. The highest BCUT2D eigenvalue weighted by molar-refractivity contribution is 5.71. The van der Waals surface area contributed by atoms with Crippen LogP contribution in [0.3, 0.4) is 0 Å². The lowest BCUT2D eigenvalue weighted by molar-refractivity contribution is 0.151. The molecule has 1 unspecified atom stereocenters. The number of cyclic esters (lactones) is 1. The smallest absolute Gasteiger partial charge is 0.410 e. The SMILES string of the molecule is CC1(CN)COC(=O)N1Cc1ccccc1. The monoisotopic (exact) mass is 220 g/mol. The second kappa shape index (κ2) is 4.14. The van der Waals surface area contributed by atoms with E-state index in [1.54, 1.807) is 4.90 Å². The number of ether oxygens (including phenoxy) is 1. The van der Waals surface area contributed by atoms with Gasteiger partial charge in [0.2, 0.25) is 0 Å². The Morgan fingerprint density at radius 2 is 2.12 bits per heavy atom. The molecule has 86 valence electrons. The molecule has 2 rings (SSSR count). The van der Waals surface area contributed by atoms with Gasteiger partial charge in [-0.3, -0.25) is 4.90 Å². The summed E-state index contributed by atoms with van der Waals surface area (Å²) in [5, 5.41) is 0. The van der Waals surface area contributed by atoms with E-state index in [-0.39, 0.29) is 11.6 Å². The first kappa shape index (κ1) is 11.0. The summed E-state index contributed by atoms with van der Waals surface area (Å²) in [5.74, 6) is 0. The van der Waals surface area contributed by atoms with Gasteiger partial charge in [0.1, 0.15) is 6.61 Å². The van der Waals surface area contributed by atoms with Gasteiger partial charge in [-0.05, 0) is 12.5 Å². The van der Waals surface area contributed by atoms with Gasteiger partial charge in [-0.1, -0.05) is 30.3 Å². The molecule has 0 bridgehead atoms. The van der Waals surface area contributed by atoms with Crippen LogP contribution in [0.2, 0.25) is 0 Å². The molecule has 1 aromatic rings. The van der Waals surface area contributed by atoms with E-state index in [1.807, 2.05) is 37.3 Å². The van der Waals surface area contributed by atoms with Crippen molar-refractivity contribution >= 4 is 6.09 Å². The number of nitrogens with two attached hydrogens (primary N) is 1. The Bertz CT molecular complexity index is 380. The zero-order chi connectivity index (χ0) is 11.6. The van der Waals surface area contributed by atoms with E-state index < -0.39 is 0 Å². The molecule has 0 aliphatic carbocycles. The number of rotatable bonds is 3. The van der Waals surface area contributed by atoms with Gasteiger partial charge >= 0.3 is 6.09 Å². The van der Waals surface area contributed by atoms with E-state index in [9.17, 15) is 4.79 Å². The minimum absolute atomic E-state index is 0.281. The molecule has 1 atom stereocenters. The number of hydrogen-bond donors (Lipinski definition) is 1. The first-order valence-corrected chi connectivity index (χ1v) is 5.34. The quantitative estimate of drug-likeness (QED) is 0.836. The zero-order valence-electron chi connectivity index (χ0n) is 9.35. The Morgan fingerprint density at radius 1 is 1.44 bits per heavy atom. The molecule has 4 nitrogen and oxygen atoms in total.